The Morgan fingerprint density at radius 3 is 2.60 bits per heavy atom. The van der Waals surface area contributed by atoms with Crippen molar-refractivity contribution in [3.63, 3.8) is 0 Å². The van der Waals surface area contributed by atoms with Gasteiger partial charge in [-0.15, -0.1) is 0 Å². The third kappa shape index (κ3) is 0.775. The highest BCUT2D eigenvalue weighted by atomic mass is 15.4. The molecule has 0 saturated heterocycles. The first-order chi connectivity index (χ1) is 4.97. The van der Waals surface area contributed by atoms with Gasteiger partial charge >= 0.3 is 0 Å². The van der Waals surface area contributed by atoms with Crippen molar-refractivity contribution in [2.24, 2.45) is 0 Å². The van der Waals surface area contributed by atoms with Gasteiger partial charge in [-0.05, 0) is 0 Å². The summed E-state index contributed by atoms with van der Waals surface area (Å²) in [4.78, 5) is 2.12. The van der Waals surface area contributed by atoms with Gasteiger partial charge in [0.2, 0.25) is 0 Å². The molecule has 3 N–H and O–H groups in total. The van der Waals surface area contributed by atoms with Crippen LogP contribution in [0.1, 0.15) is 0 Å². The molecule has 0 aromatic heterocycles. The SMILES string of the molecule is C1=CN(C2NC=CN2)CN1. The van der Waals surface area contributed by atoms with Crippen molar-refractivity contribution in [1.29, 1.82) is 0 Å². The Balaban J connectivity index is 1.93. The molecule has 0 radical (unpaired) electrons. The van der Waals surface area contributed by atoms with Gasteiger partial charge in [-0.2, -0.15) is 0 Å². The monoisotopic (exact) mass is 138 g/mol. The summed E-state index contributed by atoms with van der Waals surface area (Å²) in [6.07, 6.45) is 7.97. The largest absolute Gasteiger partial charge is 0.372 e. The molecule has 2 heterocycles. The molecule has 0 aromatic carbocycles. The molecule has 0 saturated carbocycles. The maximum absolute atomic E-state index is 3.14. The second-order valence-corrected chi connectivity index (χ2v) is 2.26. The summed E-state index contributed by atoms with van der Waals surface area (Å²) >= 11 is 0. The molecule has 0 amide bonds. The van der Waals surface area contributed by atoms with E-state index in [1.807, 2.05) is 24.8 Å². The fraction of sp³-hybridized carbons (Fsp3) is 0.333. The standard InChI is InChI=1S/C6H10N4/c1-2-9-6(8-1)10-4-3-7-5-10/h1-4,6-9H,5H2. The number of hydrogen-bond donors (Lipinski definition) is 3. The van der Waals surface area contributed by atoms with Gasteiger partial charge in [-0.1, -0.05) is 0 Å². The fourth-order valence-electron chi connectivity index (χ4n) is 1.05. The third-order valence-electron chi connectivity index (χ3n) is 1.58. The average Bonchev–Trinajstić information content (AvgIpc) is 2.59. The Bertz CT molecular complexity index is 167. The van der Waals surface area contributed by atoms with Crippen molar-refractivity contribution in [1.82, 2.24) is 20.9 Å². The zero-order valence-electron chi connectivity index (χ0n) is 5.54. The van der Waals surface area contributed by atoms with E-state index in [-0.39, 0.29) is 6.29 Å². The summed E-state index contributed by atoms with van der Waals surface area (Å²) in [6.45, 7) is 0.867. The smallest absolute Gasteiger partial charge is 0.176 e. The summed E-state index contributed by atoms with van der Waals surface area (Å²) in [6, 6.07) is 0. The van der Waals surface area contributed by atoms with Gasteiger partial charge in [0.05, 0.1) is 6.67 Å². The number of rotatable bonds is 1. The number of nitrogens with zero attached hydrogens (tertiary/aromatic N) is 1. The molecule has 0 aliphatic carbocycles. The Morgan fingerprint density at radius 1 is 1.20 bits per heavy atom. The van der Waals surface area contributed by atoms with Crippen molar-refractivity contribution in [2.75, 3.05) is 6.67 Å². The molecule has 2 aliphatic heterocycles. The molecular weight excluding hydrogens is 128 g/mol. The van der Waals surface area contributed by atoms with Crippen molar-refractivity contribution in [2.45, 2.75) is 6.29 Å². The van der Waals surface area contributed by atoms with Crippen LogP contribution in [0.15, 0.2) is 24.8 Å². The van der Waals surface area contributed by atoms with Gasteiger partial charge < -0.3 is 20.9 Å². The molecular formula is C6H10N4. The lowest BCUT2D eigenvalue weighted by Gasteiger charge is -2.23. The Kier molecular flexibility index (Phi) is 1.16. The van der Waals surface area contributed by atoms with Gasteiger partial charge in [-0.25, -0.2) is 0 Å². The Hall–Kier alpha value is -1.32. The van der Waals surface area contributed by atoms with E-state index in [2.05, 4.69) is 20.9 Å². The van der Waals surface area contributed by atoms with Crippen LogP contribution in [0.2, 0.25) is 0 Å². The minimum absolute atomic E-state index is 0.228. The summed E-state index contributed by atoms with van der Waals surface area (Å²) < 4.78 is 0. The van der Waals surface area contributed by atoms with Gasteiger partial charge in [0, 0.05) is 24.8 Å². The number of nitrogens with one attached hydrogen (secondary N) is 3. The van der Waals surface area contributed by atoms with E-state index < -0.39 is 0 Å². The molecule has 4 nitrogen and oxygen atoms in total. The summed E-state index contributed by atoms with van der Waals surface area (Å²) in [5.74, 6) is 0. The van der Waals surface area contributed by atoms with Crippen LogP contribution in [-0.2, 0) is 0 Å². The van der Waals surface area contributed by atoms with Crippen LogP contribution in [0.4, 0.5) is 0 Å². The Labute approximate surface area is 59.6 Å². The lowest BCUT2D eigenvalue weighted by Crippen LogP contribution is -2.45. The van der Waals surface area contributed by atoms with Crippen LogP contribution in [-0.4, -0.2) is 17.9 Å². The first kappa shape index (κ1) is 5.46. The highest BCUT2D eigenvalue weighted by Gasteiger charge is 2.15. The minimum Gasteiger partial charge on any atom is -0.372 e. The van der Waals surface area contributed by atoms with Crippen LogP contribution >= 0.6 is 0 Å². The fourth-order valence-corrected chi connectivity index (χ4v) is 1.05. The van der Waals surface area contributed by atoms with Crippen molar-refractivity contribution < 1.29 is 0 Å². The summed E-state index contributed by atoms with van der Waals surface area (Å²) in [5, 5.41) is 9.37. The van der Waals surface area contributed by atoms with E-state index in [9.17, 15) is 0 Å². The summed E-state index contributed by atoms with van der Waals surface area (Å²) in [5.41, 5.74) is 0. The maximum Gasteiger partial charge on any atom is 0.176 e. The second kappa shape index (κ2) is 2.13. The molecule has 0 bridgehead atoms. The molecule has 0 spiro atoms. The quantitative estimate of drug-likeness (QED) is 0.446. The van der Waals surface area contributed by atoms with Crippen LogP contribution in [0.5, 0.6) is 0 Å². The lowest BCUT2D eigenvalue weighted by molar-refractivity contribution is 0.251. The zero-order valence-corrected chi connectivity index (χ0v) is 5.54. The molecule has 0 aromatic rings. The van der Waals surface area contributed by atoms with E-state index in [4.69, 9.17) is 0 Å². The van der Waals surface area contributed by atoms with Gasteiger partial charge in [-0.3, -0.25) is 0 Å². The molecule has 4 heteroatoms. The van der Waals surface area contributed by atoms with E-state index in [1.165, 1.54) is 0 Å². The first-order valence-corrected chi connectivity index (χ1v) is 3.30. The van der Waals surface area contributed by atoms with E-state index in [1.54, 1.807) is 0 Å². The number of hydrogen-bond acceptors (Lipinski definition) is 4. The molecule has 2 rings (SSSR count). The highest BCUT2D eigenvalue weighted by Crippen LogP contribution is 2.00. The topological polar surface area (TPSA) is 39.3 Å². The molecule has 0 unspecified atom stereocenters. The predicted molar refractivity (Wildman–Crippen MR) is 38.2 cm³/mol. The lowest BCUT2D eigenvalue weighted by atomic mass is 10.7. The molecule has 10 heavy (non-hydrogen) atoms. The van der Waals surface area contributed by atoms with Gasteiger partial charge in [0.15, 0.2) is 6.29 Å². The highest BCUT2D eigenvalue weighted by molar-refractivity contribution is 4.97. The van der Waals surface area contributed by atoms with Crippen LogP contribution in [0.25, 0.3) is 0 Å². The molecule has 2 aliphatic rings. The van der Waals surface area contributed by atoms with E-state index in [0.29, 0.717) is 0 Å². The first-order valence-electron chi connectivity index (χ1n) is 3.30. The van der Waals surface area contributed by atoms with Crippen LogP contribution in [0, 0.1) is 0 Å². The van der Waals surface area contributed by atoms with Crippen LogP contribution < -0.4 is 16.0 Å². The van der Waals surface area contributed by atoms with Gasteiger partial charge in [0.1, 0.15) is 0 Å². The molecule has 54 valence electrons. The van der Waals surface area contributed by atoms with Crippen molar-refractivity contribution in [3.05, 3.63) is 24.8 Å². The normalized spacial score (nSPS) is 22.6. The summed E-state index contributed by atoms with van der Waals surface area (Å²) in [7, 11) is 0. The average molecular weight is 138 g/mol. The minimum atomic E-state index is 0.228. The maximum atomic E-state index is 3.14. The van der Waals surface area contributed by atoms with E-state index >= 15 is 0 Å². The predicted octanol–water partition coefficient (Wildman–Crippen LogP) is -0.732. The van der Waals surface area contributed by atoms with E-state index in [0.717, 1.165) is 6.67 Å². The second-order valence-electron chi connectivity index (χ2n) is 2.26. The van der Waals surface area contributed by atoms with Crippen molar-refractivity contribution in [3.8, 4) is 0 Å². The zero-order chi connectivity index (χ0) is 6.81. The Morgan fingerprint density at radius 2 is 2.00 bits per heavy atom. The molecule has 0 atom stereocenters. The van der Waals surface area contributed by atoms with Crippen molar-refractivity contribution >= 4 is 0 Å². The van der Waals surface area contributed by atoms with Crippen LogP contribution in [0.3, 0.4) is 0 Å². The molecule has 0 fully saturated rings. The third-order valence-corrected chi connectivity index (χ3v) is 1.58. The van der Waals surface area contributed by atoms with Gasteiger partial charge in [0.25, 0.3) is 0 Å².